The van der Waals surface area contributed by atoms with Crippen LogP contribution in [0.3, 0.4) is 0 Å². The topological polar surface area (TPSA) is 26.0 Å². The highest BCUT2D eigenvalue weighted by Gasteiger charge is 2.21. The zero-order valence-electron chi connectivity index (χ0n) is 6.48. The van der Waals surface area contributed by atoms with Crippen LogP contribution in [0.1, 0.15) is 11.6 Å². The molecule has 72 valence electrons. The van der Waals surface area contributed by atoms with E-state index in [0.717, 1.165) is 6.07 Å². The van der Waals surface area contributed by atoms with Crippen LogP contribution in [-0.4, -0.2) is 6.43 Å². The first-order valence-electron chi connectivity index (χ1n) is 3.51. The molecular weight excluding hydrogens is 203 g/mol. The molecule has 2 N–H and O–H groups in total. The molecule has 0 heterocycles. The van der Waals surface area contributed by atoms with E-state index in [1.54, 1.807) is 0 Å². The summed E-state index contributed by atoms with van der Waals surface area (Å²) < 4.78 is 37.0. The molecule has 0 aliphatic heterocycles. The largest absolute Gasteiger partial charge is 0.319 e. The van der Waals surface area contributed by atoms with Crippen LogP contribution in [0.25, 0.3) is 0 Å². The maximum atomic E-state index is 12.8. The van der Waals surface area contributed by atoms with Crippen molar-refractivity contribution in [2.24, 2.45) is 5.73 Å². The number of halogens is 4. The lowest BCUT2D eigenvalue weighted by Crippen LogP contribution is -2.19. The van der Waals surface area contributed by atoms with Gasteiger partial charge in [0.2, 0.25) is 0 Å². The van der Waals surface area contributed by atoms with Crippen LogP contribution in [0, 0.1) is 5.82 Å². The van der Waals surface area contributed by atoms with E-state index in [9.17, 15) is 13.2 Å². The Morgan fingerprint density at radius 1 is 1.31 bits per heavy atom. The van der Waals surface area contributed by atoms with Gasteiger partial charge < -0.3 is 5.73 Å². The van der Waals surface area contributed by atoms with Gasteiger partial charge in [-0.2, -0.15) is 0 Å². The molecule has 0 radical (unpaired) electrons. The van der Waals surface area contributed by atoms with Crippen LogP contribution in [0.2, 0.25) is 5.02 Å². The molecule has 1 atom stereocenters. The van der Waals surface area contributed by atoms with Crippen molar-refractivity contribution in [1.29, 1.82) is 0 Å². The third-order valence-electron chi connectivity index (χ3n) is 1.61. The molecule has 1 aromatic carbocycles. The number of nitrogens with two attached hydrogens (primary N) is 1. The second-order valence-electron chi connectivity index (χ2n) is 2.50. The van der Waals surface area contributed by atoms with Crippen molar-refractivity contribution in [3.05, 3.63) is 34.6 Å². The van der Waals surface area contributed by atoms with E-state index in [-0.39, 0.29) is 10.6 Å². The lowest BCUT2D eigenvalue weighted by Gasteiger charge is -2.12. The minimum atomic E-state index is -2.75. The number of benzene rings is 1. The monoisotopic (exact) mass is 209 g/mol. The molecule has 0 saturated heterocycles. The highest BCUT2D eigenvalue weighted by Crippen LogP contribution is 2.27. The van der Waals surface area contributed by atoms with Crippen LogP contribution >= 0.6 is 11.6 Å². The molecule has 0 amide bonds. The van der Waals surface area contributed by atoms with Gasteiger partial charge in [-0.1, -0.05) is 23.7 Å². The van der Waals surface area contributed by atoms with Gasteiger partial charge in [0.1, 0.15) is 5.82 Å². The number of hydrogen-bond donors (Lipinski definition) is 1. The van der Waals surface area contributed by atoms with Gasteiger partial charge in [-0.3, -0.25) is 0 Å². The number of hydrogen-bond acceptors (Lipinski definition) is 1. The summed E-state index contributed by atoms with van der Waals surface area (Å²) in [6, 6.07) is 2.12. The summed E-state index contributed by atoms with van der Waals surface area (Å²) in [7, 11) is 0. The van der Waals surface area contributed by atoms with Gasteiger partial charge in [-0.15, -0.1) is 0 Å². The quantitative estimate of drug-likeness (QED) is 0.796. The van der Waals surface area contributed by atoms with Crippen molar-refractivity contribution in [2.45, 2.75) is 12.5 Å². The van der Waals surface area contributed by atoms with Crippen molar-refractivity contribution < 1.29 is 13.2 Å². The molecule has 0 fully saturated rings. The molecule has 0 bridgehead atoms. The number of alkyl halides is 2. The molecule has 0 saturated carbocycles. The van der Waals surface area contributed by atoms with Crippen LogP contribution < -0.4 is 5.73 Å². The van der Waals surface area contributed by atoms with Crippen LogP contribution in [0.4, 0.5) is 13.2 Å². The van der Waals surface area contributed by atoms with E-state index in [4.69, 9.17) is 17.3 Å². The highest BCUT2D eigenvalue weighted by atomic mass is 35.5. The molecule has 0 spiro atoms. The maximum Gasteiger partial charge on any atom is 0.257 e. The second-order valence-corrected chi connectivity index (χ2v) is 2.88. The molecule has 0 aliphatic rings. The van der Waals surface area contributed by atoms with E-state index in [2.05, 4.69) is 0 Å². The first-order chi connectivity index (χ1) is 6.04. The number of rotatable bonds is 2. The smallest absolute Gasteiger partial charge is 0.257 e. The van der Waals surface area contributed by atoms with Crippen molar-refractivity contribution >= 4 is 11.6 Å². The lowest BCUT2D eigenvalue weighted by molar-refractivity contribution is 0.116. The fourth-order valence-corrected chi connectivity index (χ4v) is 1.17. The normalized spacial score (nSPS) is 13.4. The average molecular weight is 210 g/mol. The Balaban J connectivity index is 3.07. The predicted octanol–water partition coefficient (Wildman–Crippen LogP) is 2.74. The Hall–Kier alpha value is -0.740. The van der Waals surface area contributed by atoms with Crippen molar-refractivity contribution in [2.75, 3.05) is 0 Å². The van der Waals surface area contributed by atoms with Crippen LogP contribution in [0.5, 0.6) is 0 Å². The summed E-state index contributed by atoms with van der Waals surface area (Å²) in [5.74, 6) is -0.740. The minimum Gasteiger partial charge on any atom is -0.319 e. The van der Waals surface area contributed by atoms with E-state index in [0.29, 0.717) is 0 Å². The Labute approximate surface area is 78.3 Å². The van der Waals surface area contributed by atoms with E-state index >= 15 is 0 Å². The van der Waals surface area contributed by atoms with Gasteiger partial charge >= 0.3 is 0 Å². The van der Waals surface area contributed by atoms with Gasteiger partial charge in [0.25, 0.3) is 6.43 Å². The zero-order chi connectivity index (χ0) is 10.0. The summed E-state index contributed by atoms with van der Waals surface area (Å²) in [6.07, 6.45) is -2.75. The SMILES string of the molecule is NC(c1cccc(F)c1Cl)C(F)F. The third-order valence-corrected chi connectivity index (χ3v) is 2.01. The summed E-state index contributed by atoms with van der Waals surface area (Å²) in [4.78, 5) is 0. The zero-order valence-corrected chi connectivity index (χ0v) is 7.23. The average Bonchev–Trinajstić information content (AvgIpc) is 2.08. The lowest BCUT2D eigenvalue weighted by atomic mass is 10.1. The van der Waals surface area contributed by atoms with Crippen molar-refractivity contribution in [1.82, 2.24) is 0 Å². The van der Waals surface area contributed by atoms with Gasteiger partial charge in [0, 0.05) is 0 Å². The molecule has 1 unspecified atom stereocenters. The van der Waals surface area contributed by atoms with Crippen LogP contribution in [0.15, 0.2) is 18.2 Å². The molecule has 13 heavy (non-hydrogen) atoms. The first-order valence-corrected chi connectivity index (χ1v) is 3.89. The first kappa shape index (κ1) is 10.3. The van der Waals surface area contributed by atoms with Gasteiger partial charge in [0.05, 0.1) is 11.1 Å². The van der Waals surface area contributed by atoms with E-state index in [1.165, 1.54) is 12.1 Å². The molecule has 1 aromatic rings. The fraction of sp³-hybridized carbons (Fsp3) is 0.250. The summed E-state index contributed by atoms with van der Waals surface area (Å²) >= 11 is 5.44. The fourth-order valence-electron chi connectivity index (χ4n) is 0.914. The predicted molar refractivity (Wildman–Crippen MR) is 44.3 cm³/mol. The minimum absolute atomic E-state index is 0.0725. The molecule has 1 nitrogen and oxygen atoms in total. The van der Waals surface area contributed by atoms with Crippen molar-refractivity contribution in [3.63, 3.8) is 0 Å². The maximum absolute atomic E-state index is 12.8. The highest BCUT2D eigenvalue weighted by molar-refractivity contribution is 6.31. The van der Waals surface area contributed by atoms with Crippen molar-refractivity contribution in [3.8, 4) is 0 Å². The third kappa shape index (κ3) is 2.14. The Bertz CT molecular complexity index is 303. The second kappa shape index (κ2) is 3.98. The van der Waals surface area contributed by atoms with Gasteiger partial charge in [0.15, 0.2) is 0 Å². The van der Waals surface area contributed by atoms with Gasteiger partial charge in [-0.05, 0) is 11.6 Å². The molecular formula is C8H7ClF3N. The Morgan fingerprint density at radius 3 is 2.46 bits per heavy atom. The summed E-state index contributed by atoms with van der Waals surface area (Å²) in [6.45, 7) is 0. The molecule has 1 rings (SSSR count). The molecule has 0 aromatic heterocycles. The Kier molecular flexibility index (Phi) is 3.17. The Morgan fingerprint density at radius 2 is 1.92 bits per heavy atom. The standard InChI is InChI=1S/C8H7ClF3N/c9-6-4(7(13)8(11)12)2-1-3-5(6)10/h1-3,7-8H,13H2. The van der Waals surface area contributed by atoms with E-state index in [1.807, 2.05) is 0 Å². The summed E-state index contributed by atoms with van der Waals surface area (Å²) in [5, 5.41) is -0.338. The molecule has 0 aliphatic carbocycles. The summed E-state index contributed by atoms with van der Waals surface area (Å²) in [5.41, 5.74) is 5.03. The van der Waals surface area contributed by atoms with E-state index < -0.39 is 18.3 Å². The van der Waals surface area contributed by atoms with Crippen LogP contribution in [-0.2, 0) is 0 Å². The molecule has 5 heteroatoms. The van der Waals surface area contributed by atoms with Gasteiger partial charge in [-0.25, -0.2) is 13.2 Å².